The number of hydrogen-bond acceptors (Lipinski definition) is 8. The van der Waals surface area contributed by atoms with E-state index in [4.69, 9.17) is 14.6 Å². The van der Waals surface area contributed by atoms with Gasteiger partial charge in [-0.05, 0) is 62.4 Å². The lowest BCUT2D eigenvalue weighted by Crippen LogP contribution is -2.50. The van der Waals surface area contributed by atoms with Crippen LogP contribution in [0.5, 0.6) is 0 Å². The number of carbonyl (C=O) groups excluding carboxylic acids is 3. The molecule has 0 fully saturated rings. The van der Waals surface area contributed by atoms with Crippen LogP contribution in [0.1, 0.15) is 74.4 Å². The summed E-state index contributed by atoms with van der Waals surface area (Å²) in [5, 5.41) is 4.11. The molecule has 0 saturated heterocycles. The fourth-order valence-electron chi connectivity index (χ4n) is 6.34. The lowest BCUT2D eigenvalue weighted by Gasteiger charge is -2.47. The first-order chi connectivity index (χ1) is 23.0. The van der Waals surface area contributed by atoms with E-state index in [9.17, 15) is 14.4 Å². The average molecular weight is 666 g/mol. The quantitative estimate of drug-likeness (QED) is 0.0967. The summed E-state index contributed by atoms with van der Waals surface area (Å²) in [4.78, 5) is 41.2. The number of benzene rings is 3. The third-order valence-electron chi connectivity index (χ3n) is 8.12. The minimum Gasteiger partial charge on any atom is -0.466 e. The molecule has 0 aliphatic carbocycles. The van der Waals surface area contributed by atoms with Gasteiger partial charge in [-0.1, -0.05) is 109 Å². The van der Waals surface area contributed by atoms with Crippen molar-refractivity contribution in [2.75, 3.05) is 19.7 Å². The van der Waals surface area contributed by atoms with Crippen LogP contribution in [0.25, 0.3) is 0 Å². The summed E-state index contributed by atoms with van der Waals surface area (Å²) in [6.45, 7) is 10.1. The van der Waals surface area contributed by atoms with Gasteiger partial charge in [0.05, 0.1) is 35.2 Å². The number of thioether (sulfide) groups is 1. The van der Waals surface area contributed by atoms with Gasteiger partial charge in [0.15, 0.2) is 5.12 Å². The zero-order valence-electron chi connectivity index (χ0n) is 28.2. The van der Waals surface area contributed by atoms with Gasteiger partial charge >= 0.3 is 12.1 Å². The van der Waals surface area contributed by atoms with E-state index in [1.807, 2.05) is 18.2 Å². The standard InChI is InChI=1S/C39H43N3O5S/c1-6-46-35(44)26-33-25-34(40-42(33)37(45)47-38(3,4)5)36(48-28(2)43)29-17-16-24-41(27-29)39(30-18-10-7-11-19-30,31-20-12-8-13-21-31)32-22-14-9-15-23-32/h7-15,17-23,25,36H,6,16,24,26-27H2,1-5H3. The van der Waals surface area contributed by atoms with Gasteiger partial charge in [0.1, 0.15) is 5.60 Å². The molecular formula is C39H43N3O5S. The molecule has 0 saturated carbocycles. The number of nitrogens with zero attached hydrogens (tertiary/aromatic N) is 3. The van der Waals surface area contributed by atoms with E-state index >= 15 is 0 Å². The van der Waals surface area contributed by atoms with Crippen molar-refractivity contribution in [2.45, 2.75) is 63.9 Å². The molecule has 0 bridgehead atoms. The molecule has 0 radical (unpaired) electrons. The summed E-state index contributed by atoms with van der Waals surface area (Å²) in [5.41, 5.74) is 3.80. The van der Waals surface area contributed by atoms with E-state index in [2.05, 4.69) is 83.8 Å². The Hall–Kier alpha value is -4.47. The van der Waals surface area contributed by atoms with Gasteiger partial charge < -0.3 is 9.47 Å². The topological polar surface area (TPSA) is 90.7 Å². The van der Waals surface area contributed by atoms with E-state index in [1.165, 1.54) is 6.92 Å². The summed E-state index contributed by atoms with van der Waals surface area (Å²) in [6, 6.07) is 33.2. The Morgan fingerprint density at radius 2 is 1.42 bits per heavy atom. The molecule has 8 nitrogen and oxygen atoms in total. The minimum absolute atomic E-state index is 0.0859. The van der Waals surface area contributed by atoms with Crippen molar-refractivity contribution in [3.05, 3.63) is 137 Å². The highest BCUT2D eigenvalue weighted by Gasteiger charge is 2.44. The van der Waals surface area contributed by atoms with Crippen LogP contribution in [0.2, 0.25) is 0 Å². The van der Waals surface area contributed by atoms with Crippen molar-refractivity contribution >= 4 is 28.9 Å². The average Bonchev–Trinajstić information content (AvgIpc) is 3.48. The Morgan fingerprint density at radius 1 is 0.875 bits per heavy atom. The minimum atomic E-state index is -0.778. The van der Waals surface area contributed by atoms with E-state index in [0.717, 1.165) is 51.7 Å². The molecule has 0 N–H and O–H groups in total. The molecule has 3 aromatic carbocycles. The second-order valence-electron chi connectivity index (χ2n) is 12.7. The van der Waals surface area contributed by atoms with E-state index in [-0.39, 0.29) is 18.1 Å². The first kappa shape index (κ1) is 34.9. The monoisotopic (exact) mass is 665 g/mol. The Kier molecular flexibility index (Phi) is 11.0. The maximum Gasteiger partial charge on any atom is 0.435 e. The molecule has 1 atom stereocenters. The van der Waals surface area contributed by atoms with E-state index in [1.54, 1.807) is 33.8 Å². The van der Waals surface area contributed by atoms with Gasteiger partial charge in [-0.25, -0.2) is 4.79 Å². The van der Waals surface area contributed by atoms with Crippen LogP contribution < -0.4 is 0 Å². The first-order valence-electron chi connectivity index (χ1n) is 16.3. The summed E-state index contributed by atoms with van der Waals surface area (Å²) >= 11 is 1.16. The van der Waals surface area contributed by atoms with Crippen LogP contribution in [0.15, 0.2) is 109 Å². The third kappa shape index (κ3) is 7.80. The van der Waals surface area contributed by atoms with Gasteiger partial charge in [-0.15, -0.1) is 0 Å². The zero-order valence-corrected chi connectivity index (χ0v) is 29.0. The SMILES string of the molecule is CCOC(=O)Cc1cc(C(SC(C)=O)C2=CCCN(C(c3ccccc3)(c3ccccc3)c3ccccc3)C2)nn1C(=O)OC(C)(C)C. The van der Waals surface area contributed by atoms with Crippen LogP contribution in [0.4, 0.5) is 4.79 Å². The molecular weight excluding hydrogens is 623 g/mol. The zero-order chi connectivity index (χ0) is 34.3. The van der Waals surface area contributed by atoms with Crippen molar-refractivity contribution in [1.29, 1.82) is 0 Å². The van der Waals surface area contributed by atoms with E-state index < -0.39 is 28.5 Å². The summed E-state index contributed by atoms with van der Waals surface area (Å²) < 4.78 is 12.0. The van der Waals surface area contributed by atoms with Crippen molar-refractivity contribution in [3.8, 4) is 0 Å². The van der Waals surface area contributed by atoms with Crippen LogP contribution >= 0.6 is 11.8 Å². The van der Waals surface area contributed by atoms with Crippen molar-refractivity contribution in [2.24, 2.45) is 0 Å². The molecule has 4 aromatic rings. The molecule has 2 heterocycles. The molecule has 1 aliphatic rings. The molecule has 5 rings (SSSR count). The Morgan fingerprint density at radius 3 is 1.90 bits per heavy atom. The Balaban J connectivity index is 1.62. The second-order valence-corrected chi connectivity index (χ2v) is 14.0. The predicted octanol–water partition coefficient (Wildman–Crippen LogP) is 7.72. The number of carbonyl (C=O) groups is 3. The molecule has 0 amide bonds. The van der Waals surface area contributed by atoms with Crippen molar-refractivity contribution in [1.82, 2.24) is 14.7 Å². The molecule has 1 aromatic heterocycles. The molecule has 0 spiro atoms. The van der Waals surface area contributed by atoms with Gasteiger partial charge in [0, 0.05) is 20.0 Å². The fourth-order valence-corrected chi connectivity index (χ4v) is 7.23. The van der Waals surface area contributed by atoms with Crippen LogP contribution in [-0.2, 0) is 31.0 Å². The lowest BCUT2D eigenvalue weighted by molar-refractivity contribution is -0.142. The van der Waals surface area contributed by atoms with Gasteiger partial charge in [-0.3, -0.25) is 14.5 Å². The Labute approximate surface area is 287 Å². The molecule has 1 unspecified atom stereocenters. The smallest absolute Gasteiger partial charge is 0.435 e. The van der Waals surface area contributed by atoms with Crippen LogP contribution in [0, 0.1) is 0 Å². The molecule has 9 heteroatoms. The molecule has 250 valence electrons. The number of rotatable bonds is 10. The van der Waals surface area contributed by atoms with Crippen LogP contribution in [-0.4, -0.2) is 57.2 Å². The highest BCUT2D eigenvalue weighted by atomic mass is 32.2. The second kappa shape index (κ2) is 15.2. The lowest BCUT2D eigenvalue weighted by atomic mass is 9.74. The first-order valence-corrected chi connectivity index (χ1v) is 17.2. The maximum atomic E-state index is 13.3. The van der Waals surface area contributed by atoms with Crippen molar-refractivity contribution < 1.29 is 23.9 Å². The molecule has 48 heavy (non-hydrogen) atoms. The third-order valence-corrected chi connectivity index (χ3v) is 9.23. The molecule has 1 aliphatic heterocycles. The number of aromatic nitrogens is 2. The van der Waals surface area contributed by atoms with Gasteiger partial charge in [-0.2, -0.15) is 9.78 Å². The Bertz CT molecular complexity index is 1650. The largest absolute Gasteiger partial charge is 0.466 e. The number of hydrogen-bond donors (Lipinski definition) is 0. The highest BCUT2D eigenvalue weighted by molar-refractivity contribution is 8.13. The fraction of sp³-hybridized carbons (Fsp3) is 0.333. The van der Waals surface area contributed by atoms with Crippen molar-refractivity contribution in [3.63, 3.8) is 0 Å². The summed E-state index contributed by atoms with van der Waals surface area (Å²) in [6.07, 6.45) is 2.05. The maximum absolute atomic E-state index is 13.3. The summed E-state index contributed by atoms with van der Waals surface area (Å²) in [5.74, 6) is -0.481. The van der Waals surface area contributed by atoms with E-state index in [0.29, 0.717) is 17.9 Å². The predicted molar refractivity (Wildman–Crippen MR) is 189 cm³/mol. The normalized spacial score (nSPS) is 14.6. The van der Waals surface area contributed by atoms with Crippen LogP contribution in [0.3, 0.4) is 0 Å². The number of ether oxygens (including phenoxy) is 2. The highest BCUT2D eigenvalue weighted by Crippen LogP contribution is 2.46. The number of esters is 1. The van der Waals surface area contributed by atoms with Gasteiger partial charge in [0.2, 0.25) is 0 Å². The van der Waals surface area contributed by atoms with Gasteiger partial charge in [0.25, 0.3) is 0 Å². The summed E-state index contributed by atoms with van der Waals surface area (Å²) in [7, 11) is 0.